The van der Waals surface area contributed by atoms with E-state index < -0.39 is 9.84 Å². The molecule has 0 spiro atoms. The Morgan fingerprint density at radius 1 is 1.44 bits per heavy atom. The monoisotopic (exact) mass is 248 g/mol. The van der Waals surface area contributed by atoms with Crippen LogP contribution in [0.3, 0.4) is 0 Å². The van der Waals surface area contributed by atoms with E-state index in [0.717, 1.165) is 19.3 Å². The van der Waals surface area contributed by atoms with Crippen LogP contribution >= 0.6 is 0 Å². The second-order valence-corrected chi connectivity index (χ2v) is 6.95. The van der Waals surface area contributed by atoms with E-state index in [4.69, 9.17) is 5.73 Å². The molecule has 5 nitrogen and oxygen atoms in total. The highest BCUT2D eigenvalue weighted by atomic mass is 32.2. The molecule has 0 aromatic carbocycles. The van der Waals surface area contributed by atoms with Gasteiger partial charge in [-0.3, -0.25) is 4.79 Å². The van der Waals surface area contributed by atoms with Gasteiger partial charge in [0.25, 0.3) is 0 Å². The molecule has 94 valence electrons. The van der Waals surface area contributed by atoms with Gasteiger partial charge in [0.1, 0.15) is 0 Å². The molecule has 1 rings (SSSR count). The summed E-state index contributed by atoms with van der Waals surface area (Å²) >= 11 is 0. The maximum Gasteiger partial charge on any atom is 0.221 e. The first kappa shape index (κ1) is 13.4. The van der Waals surface area contributed by atoms with Crippen LogP contribution in [-0.4, -0.2) is 37.9 Å². The molecule has 1 aliphatic carbocycles. The van der Waals surface area contributed by atoms with Gasteiger partial charge >= 0.3 is 0 Å². The fraction of sp³-hybridized carbons (Fsp3) is 0.900. The molecule has 0 heterocycles. The molecule has 0 bridgehead atoms. The van der Waals surface area contributed by atoms with Crippen LogP contribution in [0.4, 0.5) is 0 Å². The molecule has 1 aliphatic rings. The molecule has 3 N–H and O–H groups in total. The summed E-state index contributed by atoms with van der Waals surface area (Å²) < 4.78 is 22.3. The second-order valence-electron chi connectivity index (χ2n) is 4.48. The topological polar surface area (TPSA) is 89.3 Å². The van der Waals surface area contributed by atoms with Gasteiger partial charge in [-0.05, 0) is 19.3 Å². The first-order chi connectivity index (χ1) is 7.37. The van der Waals surface area contributed by atoms with Gasteiger partial charge in [-0.25, -0.2) is 8.42 Å². The van der Waals surface area contributed by atoms with Gasteiger partial charge < -0.3 is 11.1 Å². The Kier molecular flexibility index (Phi) is 4.32. The maximum absolute atomic E-state index is 11.4. The van der Waals surface area contributed by atoms with E-state index in [1.807, 2.05) is 0 Å². The molecule has 1 amide bonds. The average molecular weight is 248 g/mol. The summed E-state index contributed by atoms with van der Waals surface area (Å²) in [5, 5.41) is 2.60. The zero-order valence-electron chi connectivity index (χ0n) is 9.66. The Hall–Kier alpha value is -0.620. The smallest absolute Gasteiger partial charge is 0.221 e. The minimum absolute atomic E-state index is 0.00676. The van der Waals surface area contributed by atoms with Crippen LogP contribution in [0.25, 0.3) is 0 Å². The van der Waals surface area contributed by atoms with Crippen LogP contribution in [0, 0.1) is 0 Å². The van der Waals surface area contributed by atoms with E-state index in [9.17, 15) is 13.2 Å². The lowest BCUT2D eigenvalue weighted by atomic mass is 9.75. The van der Waals surface area contributed by atoms with E-state index in [-0.39, 0.29) is 29.5 Å². The zero-order valence-corrected chi connectivity index (χ0v) is 10.5. The van der Waals surface area contributed by atoms with Crippen molar-refractivity contribution >= 4 is 15.7 Å². The van der Waals surface area contributed by atoms with Crippen molar-refractivity contribution < 1.29 is 13.2 Å². The third kappa shape index (κ3) is 4.09. The Labute approximate surface area is 96.7 Å². The third-order valence-corrected chi connectivity index (χ3v) is 4.74. The van der Waals surface area contributed by atoms with E-state index in [0.29, 0.717) is 6.42 Å². The van der Waals surface area contributed by atoms with Crippen LogP contribution in [-0.2, 0) is 14.6 Å². The first-order valence-electron chi connectivity index (χ1n) is 5.63. The van der Waals surface area contributed by atoms with Gasteiger partial charge in [-0.2, -0.15) is 0 Å². The van der Waals surface area contributed by atoms with Crippen molar-refractivity contribution in [3.8, 4) is 0 Å². The number of amides is 1. The number of carbonyl (C=O) groups excluding carboxylic acids is 1. The van der Waals surface area contributed by atoms with Crippen molar-refractivity contribution in [3.05, 3.63) is 0 Å². The number of nitrogens with two attached hydrogens (primary N) is 1. The van der Waals surface area contributed by atoms with E-state index in [2.05, 4.69) is 5.32 Å². The number of hydrogen-bond acceptors (Lipinski definition) is 4. The Bertz CT molecular complexity index is 347. The molecule has 0 atom stereocenters. The standard InChI is InChI=1S/C10H20N2O3S/c1-2-16(14,15)7-6-12-9(13)8-10(11)4-3-5-10/h2-8,11H2,1H3,(H,12,13). The van der Waals surface area contributed by atoms with E-state index >= 15 is 0 Å². The molecule has 16 heavy (non-hydrogen) atoms. The van der Waals surface area contributed by atoms with Gasteiger partial charge in [-0.15, -0.1) is 0 Å². The van der Waals surface area contributed by atoms with Crippen LogP contribution < -0.4 is 11.1 Å². The summed E-state index contributed by atoms with van der Waals surface area (Å²) in [5.74, 6) is -0.0234. The highest BCUT2D eigenvalue weighted by Gasteiger charge is 2.34. The van der Waals surface area contributed by atoms with E-state index in [1.54, 1.807) is 6.92 Å². The van der Waals surface area contributed by atoms with Gasteiger partial charge in [-0.1, -0.05) is 6.92 Å². The van der Waals surface area contributed by atoms with Crippen molar-refractivity contribution in [3.63, 3.8) is 0 Å². The minimum Gasteiger partial charge on any atom is -0.355 e. The minimum atomic E-state index is -3.00. The molecule has 0 aromatic rings. The summed E-state index contributed by atoms with van der Waals surface area (Å²) in [4.78, 5) is 11.4. The molecule has 0 saturated heterocycles. The highest BCUT2D eigenvalue weighted by Crippen LogP contribution is 2.31. The van der Waals surface area contributed by atoms with Gasteiger partial charge in [0.15, 0.2) is 9.84 Å². The highest BCUT2D eigenvalue weighted by molar-refractivity contribution is 7.91. The first-order valence-corrected chi connectivity index (χ1v) is 7.45. The number of hydrogen-bond donors (Lipinski definition) is 2. The lowest BCUT2D eigenvalue weighted by molar-refractivity contribution is -0.122. The SMILES string of the molecule is CCS(=O)(=O)CCNC(=O)CC1(N)CCC1. The summed E-state index contributed by atoms with van der Waals surface area (Å²) in [6.45, 7) is 1.78. The Balaban J connectivity index is 2.20. The summed E-state index contributed by atoms with van der Waals surface area (Å²) in [7, 11) is -3.00. The zero-order chi connectivity index (χ0) is 12.2. The van der Waals surface area contributed by atoms with Crippen LogP contribution in [0.2, 0.25) is 0 Å². The predicted molar refractivity (Wildman–Crippen MR) is 62.7 cm³/mol. The number of nitrogens with one attached hydrogen (secondary N) is 1. The Morgan fingerprint density at radius 3 is 2.50 bits per heavy atom. The van der Waals surface area contributed by atoms with Gasteiger partial charge in [0, 0.05) is 24.3 Å². The molecular weight excluding hydrogens is 228 g/mol. The fourth-order valence-electron chi connectivity index (χ4n) is 1.68. The molecule has 1 fully saturated rings. The van der Waals surface area contributed by atoms with Gasteiger partial charge in [0.2, 0.25) is 5.91 Å². The van der Waals surface area contributed by atoms with Crippen molar-refractivity contribution in [2.45, 2.75) is 38.1 Å². The number of rotatable bonds is 6. The van der Waals surface area contributed by atoms with Crippen LogP contribution in [0.1, 0.15) is 32.6 Å². The fourth-order valence-corrected chi connectivity index (χ4v) is 2.38. The molecule has 0 aliphatic heterocycles. The van der Waals surface area contributed by atoms with Crippen molar-refractivity contribution in [2.75, 3.05) is 18.1 Å². The average Bonchev–Trinajstić information content (AvgIpc) is 2.15. The second kappa shape index (κ2) is 5.14. The summed E-state index contributed by atoms with van der Waals surface area (Å²) in [6, 6.07) is 0. The third-order valence-electron chi connectivity index (χ3n) is 3.04. The molecular formula is C10H20N2O3S. The van der Waals surface area contributed by atoms with E-state index in [1.165, 1.54) is 0 Å². The molecule has 6 heteroatoms. The molecule has 0 unspecified atom stereocenters. The molecule has 1 saturated carbocycles. The normalized spacial score (nSPS) is 18.9. The van der Waals surface area contributed by atoms with Crippen LogP contribution in [0.15, 0.2) is 0 Å². The quantitative estimate of drug-likeness (QED) is 0.681. The van der Waals surface area contributed by atoms with Crippen molar-refractivity contribution in [1.29, 1.82) is 0 Å². The summed E-state index contributed by atoms with van der Waals surface area (Å²) in [5.41, 5.74) is 5.57. The molecule has 0 radical (unpaired) electrons. The van der Waals surface area contributed by atoms with Gasteiger partial charge in [0.05, 0.1) is 5.75 Å². The predicted octanol–water partition coefficient (Wildman–Crippen LogP) is -0.191. The maximum atomic E-state index is 11.4. The lowest BCUT2D eigenvalue weighted by Crippen LogP contribution is -2.50. The number of sulfone groups is 1. The molecule has 0 aromatic heterocycles. The van der Waals surface area contributed by atoms with Crippen LogP contribution in [0.5, 0.6) is 0 Å². The lowest BCUT2D eigenvalue weighted by Gasteiger charge is -2.37. The van der Waals surface area contributed by atoms with Crippen molar-refractivity contribution in [1.82, 2.24) is 5.32 Å². The Morgan fingerprint density at radius 2 is 2.06 bits per heavy atom. The number of carbonyl (C=O) groups is 1. The van der Waals surface area contributed by atoms with Crippen molar-refractivity contribution in [2.24, 2.45) is 5.73 Å². The largest absolute Gasteiger partial charge is 0.355 e. The summed E-state index contributed by atoms with van der Waals surface area (Å²) in [6.07, 6.45) is 3.15.